The van der Waals surface area contributed by atoms with E-state index in [-0.39, 0.29) is 13.0 Å². The third-order valence-electron chi connectivity index (χ3n) is 3.27. The fourth-order valence-electron chi connectivity index (χ4n) is 2.20. The predicted molar refractivity (Wildman–Crippen MR) is 80.9 cm³/mol. The summed E-state index contributed by atoms with van der Waals surface area (Å²) in [5.41, 5.74) is 0.654. The minimum atomic E-state index is -2.45. The molecule has 0 saturated carbocycles. The molecule has 0 aliphatic carbocycles. The Balaban J connectivity index is 2.08. The number of thioether (sulfide) groups is 1. The quantitative estimate of drug-likeness (QED) is 0.733. The molecule has 0 spiro atoms. The van der Waals surface area contributed by atoms with E-state index >= 15 is 0 Å². The fourth-order valence-corrected chi connectivity index (χ4v) is 4.22. The van der Waals surface area contributed by atoms with Crippen LogP contribution in [0, 0.1) is 5.82 Å². The molecule has 122 valence electrons. The summed E-state index contributed by atoms with van der Waals surface area (Å²) in [5, 5.41) is 11.0. The first-order valence-electron chi connectivity index (χ1n) is 6.67. The van der Waals surface area contributed by atoms with Crippen LogP contribution in [-0.2, 0) is 16.1 Å². The summed E-state index contributed by atoms with van der Waals surface area (Å²) in [6, 6.07) is 5.11. The van der Waals surface area contributed by atoms with Crippen LogP contribution >= 0.6 is 11.8 Å². The van der Waals surface area contributed by atoms with Gasteiger partial charge in [0.05, 0.1) is 6.04 Å². The molecule has 2 N–H and O–H groups in total. The summed E-state index contributed by atoms with van der Waals surface area (Å²) >= 11 is -1.21. The first-order chi connectivity index (χ1) is 10.5. The van der Waals surface area contributed by atoms with Crippen molar-refractivity contribution >= 4 is 28.9 Å². The van der Waals surface area contributed by atoms with E-state index in [0.717, 1.165) is 4.31 Å². The largest absolute Gasteiger partial charge is 0.760 e. The number of aliphatic hydroxyl groups excluding tert-OH is 1. The Hall–Kier alpha value is -1.00. The molecule has 1 aromatic rings. The van der Waals surface area contributed by atoms with E-state index in [0.29, 0.717) is 17.9 Å². The fraction of sp³-hybridized carbons (Fsp3) is 0.462. The molecule has 1 saturated heterocycles. The van der Waals surface area contributed by atoms with Crippen molar-refractivity contribution in [2.75, 3.05) is 18.9 Å². The summed E-state index contributed by atoms with van der Waals surface area (Å²) in [5.74, 6) is -0.278. The molecule has 1 aromatic carbocycles. The summed E-state index contributed by atoms with van der Waals surface area (Å²) < 4.78 is 36.2. The molecule has 3 atom stereocenters. The zero-order valence-electron chi connectivity index (χ0n) is 11.6. The van der Waals surface area contributed by atoms with E-state index in [1.54, 1.807) is 0 Å². The van der Waals surface area contributed by atoms with Crippen molar-refractivity contribution in [3.05, 3.63) is 35.6 Å². The predicted octanol–water partition coefficient (Wildman–Crippen LogP) is 0.534. The minimum Gasteiger partial charge on any atom is -0.760 e. The summed E-state index contributed by atoms with van der Waals surface area (Å²) in [7, 11) is 0. The number of hydrogen-bond acceptors (Lipinski definition) is 5. The lowest BCUT2D eigenvalue weighted by atomic mass is 10.0. The van der Waals surface area contributed by atoms with Crippen LogP contribution < -0.4 is 5.32 Å². The standard InChI is InChI=1S/C13H17FN2O4S2/c14-10-3-1-9(2-4-10)11(5-7-17)15-12(18)13-16(22(19)20)6-8-21-13/h1-4,11,13,17H,5-8H2,(H,15,18)(H,19,20)/p-1/t11-,13-/m0/s1. The number of rotatable bonds is 6. The van der Waals surface area contributed by atoms with Gasteiger partial charge in [-0.25, -0.2) is 8.70 Å². The van der Waals surface area contributed by atoms with E-state index in [1.807, 2.05) is 0 Å². The number of carbonyl (C=O) groups excluding carboxylic acids is 1. The Kier molecular flexibility index (Phi) is 6.33. The van der Waals surface area contributed by atoms with Gasteiger partial charge in [-0.15, -0.1) is 11.8 Å². The van der Waals surface area contributed by atoms with Crippen molar-refractivity contribution in [2.45, 2.75) is 17.8 Å². The molecule has 2 rings (SSSR count). The molecule has 9 heteroatoms. The first-order valence-corrected chi connectivity index (χ1v) is 8.75. The van der Waals surface area contributed by atoms with Crippen LogP contribution in [0.15, 0.2) is 24.3 Å². The van der Waals surface area contributed by atoms with Crippen LogP contribution in [0.5, 0.6) is 0 Å². The van der Waals surface area contributed by atoms with Crippen molar-refractivity contribution in [2.24, 2.45) is 0 Å². The molecule has 0 radical (unpaired) electrons. The molecule has 22 heavy (non-hydrogen) atoms. The molecule has 1 heterocycles. The molecule has 0 aromatic heterocycles. The maximum atomic E-state index is 13.0. The molecule has 1 fully saturated rings. The van der Waals surface area contributed by atoms with E-state index < -0.39 is 34.4 Å². The second-order valence-corrected chi connectivity index (χ2v) is 6.80. The molecule has 1 amide bonds. The summed E-state index contributed by atoms with van der Waals surface area (Å²) in [6.07, 6.45) is 0.259. The maximum Gasteiger partial charge on any atom is 0.249 e. The van der Waals surface area contributed by atoms with Crippen LogP contribution in [0.25, 0.3) is 0 Å². The lowest BCUT2D eigenvalue weighted by Gasteiger charge is -2.26. The molecular formula is C13H16FN2O4S2-. The average Bonchev–Trinajstić information content (AvgIpc) is 2.97. The van der Waals surface area contributed by atoms with Crippen LogP contribution in [0.1, 0.15) is 18.0 Å². The summed E-state index contributed by atoms with van der Waals surface area (Å²) in [4.78, 5) is 12.3. The number of aliphatic hydroxyl groups is 1. The Bertz CT molecular complexity index is 543. The molecule has 1 aliphatic heterocycles. The lowest BCUT2D eigenvalue weighted by molar-refractivity contribution is -0.123. The number of hydrogen-bond donors (Lipinski definition) is 2. The van der Waals surface area contributed by atoms with Gasteiger partial charge in [0, 0.05) is 30.2 Å². The van der Waals surface area contributed by atoms with Gasteiger partial charge in [0.15, 0.2) is 0 Å². The third-order valence-corrected chi connectivity index (χ3v) is 5.38. The van der Waals surface area contributed by atoms with Gasteiger partial charge in [-0.3, -0.25) is 9.00 Å². The van der Waals surface area contributed by atoms with Crippen molar-refractivity contribution in [1.82, 2.24) is 9.62 Å². The van der Waals surface area contributed by atoms with Gasteiger partial charge >= 0.3 is 0 Å². The van der Waals surface area contributed by atoms with Crippen LogP contribution in [0.3, 0.4) is 0 Å². The Morgan fingerprint density at radius 2 is 2.23 bits per heavy atom. The molecule has 6 nitrogen and oxygen atoms in total. The SMILES string of the molecule is O=C(N[C@@H](CCO)c1ccc(F)cc1)[C@@H]1SCCN1S(=O)[O-]. The van der Waals surface area contributed by atoms with Crippen LogP contribution in [0.2, 0.25) is 0 Å². The van der Waals surface area contributed by atoms with Crippen LogP contribution in [-0.4, -0.2) is 48.4 Å². The van der Waals surface area contributed by atoms with E-state index in [1.165, 1.54) is 36.0 Å². The first kappa shape index (κ1) is 17.4. The maximum absolute atomic E-state index is 13.0. The number of nitrogens with one attached hydrogen (secondary N) is 1. The highest BCUT2D eigenvalue weighted by Crippen LogP contribution is 2.26. The van der Waals surface area contributed by atoms with Gasteiger partial charge in [-0.05, 0) is 24.1 Å². The molecular weight excluding hydrogens is 331 g/mol. The normalized spacial score (nSPS) is 21.5. The second kappa shape index (κ2) is 8.02. The Morgan fingerprint density at radius 3 is 2.82 bits per heavy atom. The van der Waals surface area contributed by atoms with Crippen molar-refractivity contribution < 1.29 is 23.1 Å². The van der Waals surface area contributed by atoms with E-state index in [4.69, 9.17) is 5.11 Å². The molecule has 0 bridgehead atoms. The van der Waals surface area contributed by atoms with E-state index in [9.17, 15) is 17.9 Å². The van der Waals surface area contributed by atoms with Gasteiger partial charge in [-0.1, -0.05) is 12.1 Å². The van der Waals surface area contributed by atoms with Crippen molar-refractivity contribution in [3.63, 3.8) is 0 Å². The van der Waals surface area contributed by atoms with Gasteiger partial charge < -0.3 is 15.0 Å². The van der Waals surface area contributed by atoms with Crippen molar-refractivity contribution in [3.8, 4) is 0 Å². The Labute approximate surface area is 134 Å². The highest BCUT2D eigenvalue weighted by molar-refractivity contribution is 8.01. The molecule has 1 aliphatic rings. The van der Waals surface area contributed by atoms with E-state index in [2.05, 4.69) is 5.32 Å². The average molecular weight is 347 g/mol. The topological polar surface area (TPSA) is 92.7 Å². The number of carbonyl (C=O) groups is 1. The lowest BCUT2D eigenvalue weighted by Crippen LogP contribution is -2.44. The third kappa shape index (κ3) is 4.26. The number of benzene rings is 1. The second-order valence-electron chi connectivity index (χ2n) is 4.71. The minimum absolute atomic E-state index is 0.155. The zero-order valence-corrected chi connectivity index (χ0v) is 13.2. The highest BCUT2D eigenvalue weighted by Gasteiger charge is 2.33. The smallest absolute Gasteiger partial charge is 0.249 e. The van der Waals surface area contributed by atoms with Gasteiger partial charge in [-0.2, -0.15) is 0 Å². The van der Waals surface area contributed by atoms with Crippen LogP contribution in [0.4, 0.5) is 4.39 Å². The Morgan fingerprint density at radius 1 is 1.55 bits per heavy atom. The zero-order chi connectivity index (χ0) is 16.1. The van der Waals surface area contributed by atoms with Gasteiger partial charge in [0.2, 0.25) is 5.91 Å². The number of halogens is 1. The summed E-state index contributed by atoms with van der Waals surface area (Å²) in [6.45, 7) is 0.136. The highest BCUT2D eigenvalue weighted by atomic mass is 32.2. The van der Waals surface area contributed by atoms with Gasteiger partial charge in [0.25, 0.3) is 0 Å². The molecule has 1 unspecified atom stereocenters. The van der Waals surface area contributed by atoms with Gasteiger partial charge in [0.1, 0.15) is 11.2 Å². The van der Waals surface area contributed by atoms with Crippen molar-refractivity contribution in [1.29, 1.82) is 0 Å². The number of nitrogens with zero attached hydrogens (tertiary/aromatic N) is 1. The monoisotopic (exact) mass is 347 g/mol. The number of amides is 1.